The van der Waals surface area contributed by atoms with Gasteiger partial charge in [0.25, 0.3) is 0 Å². The van der Waals surface area contributed by atoms with Crippen molar-refractivity contribution in [2.45, 2.75) is 19.4 Å². The van der Waals surface area contributed by atoms with E-state index in [0.29, 0.717) is 0 Å². The van der Waals surface area contributed by atoms with Crippen molar-refractivity contribution in [2.75, 3.05) is 0 Å². The van der Waals surface area contributed by atoms with Gasteiger partial charge in [-0.25, -0.2) is 9.78 Å². The summed E-state index contributed by atoms with van der Waals surface area (Å²) in [5, 5.41) is 0.559. The molecule has 0 radical (unpaired) electrons. The van der Waals surface area contributed by atoms with Crippen LogP contribution in [0, 0.1) is 0 Å². The largest absolute Gasteiger partial charge is 0.235 e. The number of halogens is 2. The van der Waals surface area contributed by atoms with E-state index in [0.717, 1.165) is 5.56 Å². The van der Waals surface area contributed by atoms with Crippen molar-refractivity contribution < 1.29 is 4.79 Å². The van der Waals surface area contributed by atoms with Gasteiger partial charge in [0.1, 0.15) is 10.3 Å². The maximum absolute atomic E-state index is 10.2. The van der Waals surface area contributed by atoms with Crippen LogP contribution in [-0.2, 0) is 10.3 Å². The molecule has 74 valence electrons. The molecule has 0 aromatic carbocycles. The van der Waals surface area contributed by atoms with Crippen molar-refractivity contribution in [2.24, 2.45) is 4.99 Å². The van der Waals surface area contributed by atoms with Crippen LogP contribution in [-0.4, -0.2) is 11.1 Å². The average Bonchev–Trinajstić information content (AvgIpc) is 2.02. The van der Waals surface area contributed by atoms with Crippen LogP contribution in [0.1, 0.15) is 19.4 Å². The number of pyridine rings is 1. The van der Waals surface area contributed by atoms with Crippen LogP contribution in [0.4, 0.5) is 0 Å². The molecule has 1 aromatic heterocycles. The van der Waals surface area contributed by atoms with Crippen LogP contribution in [0.5, 0.6) is 0 Å². The SMILES string of the molecule is CC(C)(N=C=O)c1cc(Cl)nc(Cl)c1. The lowest BCUT2D eigenvalue weighted by Gasteiger charge is -2.17. The van der Waals surface area contributed by atoms with Crippen molar-refractivity contribution in [1.82, 2.24) is 4.98 Å². The third-order valence-electron chi connectivity index (χ3n) is 1.79. The fourth-order valence-corrected chi connectivity index (χ4v) is 1.46. The molecule has 0 atom stereocenters. The average molecular weight is 231 g/mol. The van der Waals surface area contributed by atoms with E-state index in [1.165, 1.54) is 6.08 Å². The molecule has 5 heteroatoms. The van der Waals surface area contributed by atoms with Gasteiger partial charge in [0.2, 0.25) is 6.08 Å². The Morgan fingerprint density at radius 3 is 2.29 bits per heavy atom. The molecule has 0 aliphatic heterocycles. The van der Waals surface area contributed by atoms with Crippen molar-refractivity contribution in [3.05, 3.63) is 28.0 Å². The molecule has 0 aliphatic rings. The Hall–Kier alpha value is -0.890. The molecular weight excluding hydrogens is 223 g/mol. The summed E-state index contributed by atoms with van der Waals surface area (Å²) in [7, 11) is 0. The first-order valence-corrected chi connectivity index (χ1v) is 4.64. The zero-order valence-corrected chi connectivity index (χ0v) is 9.23. The van der Waals surface area contributed by atoms with E-state index in [9.17, 15) is 4.79 Å². The van der Waals surface area contributed by atoms with Gasteiger partial charge < -0.3 is 0 Å². The van der Waals surface area contributed by atoms with Gasteiger partial charge in [-0.2, -0.15) is 4.99 Å². The highest BCUT2D eigenvalue weighted by Gasteiger charge is 2.20. The van der Waals surface area contributed by atoms with E-state index < -0.39 is 5.54 Å². The first-order chi connectivity index (χ1) is 6.45. The van der Waals surface area contributed by atoms with Crippen molar-refractivity contribution in [3.63, 3.8) is 0 Å². The summed E-state index contributed by atoms with van der Waals surface area (Å²) in [6, 6.07) is 3.24. The molecule has 1 rings (SSSR count). The first kappa shape index (κ1) is 11.2. The third kappa shape index (κ3) is 2.55. The molecule has 3 nitrogen and oxygen atoms in total. The summed E-state index contributed by atoms with van der Waals surface area (Å²) < 4.78 is 0. The lowest BCUT2D eigenvalue weighted by atomic mass is 9.96. The van der Waals surface area contributed by atoms with E-state index in [2.05, 4.69) is 9.98 Å². The molecule has 0 spiro atoms. The number of aromatic nitrogens is 1. The topological polar surface area (TPSA) is 42.3 Å². The summed E-state index contributed by atoms with van der Waals surface area (Å²) in [6.07, 6.45) is 1.51. The van der Waals surface area contributed by atoms with Crippen LogP contribution in [0.15, 0.2) is 17.1 Å². The number of nitrogens with zero attached hydrogens (tertiary/aromatic N) is 2. The molecule has 0 saturated carbocycles. The monoisotopic (exact) mass is 230 g/mol. The molecular formula is C9H8Cl2N2O. The summed E-state index contributed by atoms with van der Waals surface area (Å²) in [5.41, 5.74) is 0.0451. The van der Waals surface area contributed by atoms with E-state index in [1.807, 2.05) is 0 Å². The quantitative estimate of drug-likeness (QED) is 0.446. The van der Waals surface area contributed by atoms with Gasteiger partial charge in [0.05, 0.1) is 5.54 Å². The molecule has 0 unspecified atom stereocenters. The standard InChI is InChI=1S/C9H8Cl2N2O/c1-9(2,12-5-14)6-3-7(10)13-8(11)4-6/h3-4H,1-2H3. The predicted molar refractivity (Wildman–Crippen MR) is 55.4 cm³/mol. The van der Waals surface area contributed by atoms with Gasteiger partial charge in [-0.05, 0) is 31.5 Å². The molecule has 0 saturated heterocycles. The lowest BCUT2D eigenvalue weighted by molar-refractivity contribution is 0.522. The minimum Gasteiger partial charge on any atom is -0.224 e. The predicted octanol–water partition coefficient (Wildman–Crippen LogP) is 2.96. The number of rotatable bonds is 2. The highest BCUT2D eigenvalue weighted by Crippen LogP contribution is 2.27. The highest BCUT2D eigenvalue weighted by atomic mass is 35.5. The van der Waals surface area contributed by atoms with Gasteiger partial charge in [0, 0.05) is 0 Å². The summed E-state index contributed by atoms with van der Waals surface area (Å²) in [6.45, 7) is 3.53. The zero-order chi connectivity index (χ0) is 10.8. The van der Waals surface area contributed by atoms with Gasteiger partial charge in [-0.1, -0.05) is 23.2 Å². The smallest absolute Gasteiger partial charge is 0.224 e. The second-order valence-electron chi connectivity index (χ2n) is 3.26. The Kier molecular flexibility index (Phi) is 3.27. The molecule has 0 N–H and O–H groups in total. The van der Waals surface area contributed by atoms with E-state index in [-0.39, 0.29) is 10.3 Å². The fourth-order valence-electron chi connectivity index (χ4n) is 0.997. The molecule has 0 fully saturated rings. The van der Waals surface area contributed by atoms with Gasteiger partial charge in [-0.3, -0.25) is 0 Å². The van der Waals surface area contributed by atoms with Crippen LogP contribution in [0.25, 0.3) is 0 Å². The maximum atomic E-state index is 10.2. The zero-order valence-electron chi connectivity index (χ0n) is 7.71. The van der Waals surface area contributed by atoms with Crippen LogP contribution in [0.2, 0.25) is 10.3 Å². The molecule has 0 amide bonds. The number of isocyanates is 1. The van der Waals surface area contributed by atoms with E-state index in [1.54, 1.807) is 26.0 Å². The summed E-state index contributed by atoms with van der Waals surface area (Å²) in [5.74, 6) is 0. The maximum Gasteiger partial charge on any atom is 0.235 e. The summed E-state index contributed by atoms with van der Waals surface area (Å²) in [4.78, 5) is 17.6. The van der Waals surface area contributed by atoms with E-state index in [4.69, 9.17) is 23.2 Å². The first-order valence-electron chi connectivity index (χ1n) is 3.88. The Morgan fingerprint density at radius 1 is 1.36 bits per heavy atom. The van der Waals surface area contributed by atoms with Gasteiger partial charge >= 0.3 is 0 Å². The van der Waals surface area contributed by atoms with Crippen LogP contribution >= 0.6 is 23.2 Å². The van der Waals surface area contributed by atoms with Crippen LogP contribution in [0.3, 0.4) is 0 Å². The fraction of sp³-hybridized carbons (Fsp3) is 0.333. The normalized spacial score (nSPS) is 10.9. The van der Waals surface area contributed by atoms with E-state index >= 15 is 0 Å². The number of hydrogen-bond acceptors (Lipinski definition) is 3. The summed E-state index contributed by atoms with van der Waals surface area (Å²) >= 11 is 11.4. The molecule has 1 heterocycles. The Bertz CT molecular complexity index is 378. The third-order valence-corrected chi connectivity index (χ3v) is 2.18. The second-order valence-corrected chi connectivity index (χ2v) is 4.04. The van der Waals surface area contributed by atoms with Gasteiger partial charge in [-0.15, -0.1) is 0 Å². The van der Waals surface area contributed by atoms with Crippen molar-refractivity contribution >= 4 is 29.3 Å². The number of hydrogen-bond donors (Lipinski definition) is 0. The number of aliphatic imine (C=N–C) groups is 1. The van der Waals surface area contributed by atoms with Gasteiger partial charge in [0.15, 0.2) is 0 Å². The minimum absolute atomic E-state index is 0.279. The second kappa shape index (κ2) is 4.09. The van der Waals surface area contributed by atoms with Crippen molar-refractivity contribution in [3.8, 4) is 0 Å². The number of carbonyl (C=O) groups excluding carboxylic acids is 1. The van der Waals surface area contributed by atoms with Crippen LogP contribution < -0.4 is 0 Å². The minimum atomic E-state index is -0.683. The molecule has 14 heavy (non-hydrogen) atoms. The highest BCUT2D eigenvalue weighted by molar-refractivity contribution is 6.32. The molecule has 0 bridgehead atoms. The Labute approximate surface area is 91.8 Å². The lowest BCUT2D eigenvalue weighted by Crippen LogP contribution is -2.13. The Morgan fingerprint density at radius 2 is 1.86 bits per heavy atom. The van der Waals surface area contributed by atoms with Crippen molar-refractivity contribution in [1.29, 1.82) is 0 Å². The molecule has 1 aromatic rings. The molecule has 0 aliphatic carbocycles. The Balaban J connectivity index is 3.24.